The van der Waals surface area contributed by atoms with E-state index in [2.05, 4.69) is 73.7 Å². The smallest absolute Gasteiger partial charge is 0.362 e. The first-order valence-corrected chi connectivity index (χ1v) is 7.65. The van der Waals surface area contributed by atoms with Crippen LogP contribution in [0.4, 0.5) is 0 Å². The van der Waals surface area contributed by atoms with Gasteiger partial charge in [-0.25, -0.2) is 0 Å². The van der Waals surface area contributed by atoms with Crippen LogP contribution >= 0.6 is 0 Å². The van der Waals surface area contributed by atoms with Gasteiger partial charge in [0, 0.05) is 13.2 Å². The maximum absolute atomic E-state index is 6.09. The van der Waals surface area contributed by atoms with Crippen LogP contribution in [-0.2, 0) is 4.65 Å². The van der Waals surface area contributed by atoms with E-state index in [9.17, 15) is 0 Å². The second-order valence-electron chi connectivity index (χ2n) is 5.52. The number of rotatable bonds is 5. The minimum absolute atomic E-state index is 0.0877. The number of benzene rings is 3. The zero-order valence-electron chi connectivity index (χ0n) is 12.8. The molecule has 0 aliphatic carbocycles. The Hall–Kier alpha value is -2.10. The van der Waals surface area contributed by atoms with E-state index in [-0.39, 0.29) is 6.92 Å². The first-order chi connectivity index (χ1) is 10.8. The van der Waals surface area contributed by atoms with Crippen LogP contribution in [0.5, 0.6) is 0 Å². The Morgan fingerprint density at radius 1 is 0.909 bits per heavy atom. The molecule has 0 unspecified atom stereocenters. The zero-order valence-corrected chi connectivity index (χ0v) is 12.8. The minimum Gasteiger partial charge on any atom is -0.426 e. The third-order valence-corrected chi connectivity index (χ3v) is 3.89. The molecule has 3 aromatic rings. The maximum atomic E-state index is 6.09. The second kappa shape index (κ2) is 6.78. The van der Waals surface area contributed by atoms with Crippen molar-refractivity contribution in [3.8, 4) is 0 Å². The second-order valence-corrected chi connectivity index (χ2v) is 5.52. The quantitative estimate of drug-likeness (QED) is 0.731. The van der Waals surface area contributed by atoms with E-state index in [1.165, 1.54) is 21.8 Å². The Morgan fingerprint density at radius 2 is 1.64 bits per heavy atom. The molecule has 3 rings (SSSR count). The summed E-state index contributed by atoms with van der Waals surface area (Å²) in [6, 6.07) is 23.3. The summed E-state index contributed by atoms with van der Waals surface area (Å²) < 4.78 is 6.09. The van der Waals surface area contributed by atoms with Gasteiger partial charge in [0.1, 0.15) is 0 Å². The molecule has 2 N–H and O–H groups in total. The lowest BCUT2D eigenvalue weighted by Gasteiger charge is -2.17. The Kier molecular flexibility index (Phi) is 4.57. The molecule has 0 fully saturated rings. The third kappa shape index (κ3) is 3.06. The van der Waals surface area contributed by atoms with Crippen molar-refractivity contribution < 1.29 is 4.65 Å². The highest BCUT2D eigenvalue weighted by atomic mass is 16.4. The van der Waals surface area contributed by atoms with Crippen molar-refractivity contribution >= 4 is 28.6 Å². The number of aryl methyl sites for hydroxylation is 1. The molecule has 0 saturated carbocycles. The molecule has 3 aromatic carbocycles. The van der Waals surface area contributed by atoms with Gasteiger partial charge < -0.3 is 10.4 Å². The highest BCUT2D eigenvalue weighted by molar-refractivity contribution is 6.81. The average Bonchev–Trinajstić information content (AvgIpc) is 2.57. The van der Waals surface area contributed by atoms with Crippen molar-refractivity contribution in [2.45, 2.75) is 6.92 Å². The number of nitrogens with two attached hydrogens (primary N) is 1. The fourth-order valence-electron chi connectivity index (χ4n) is 2.77. The van der Waals surface area contributed by atoms with E-state index in [1.54, 1.807) is 0 Å². The molecule has 0 radical (unpaired) electrons. The highest BCUT2D eigenvalue weighted by Gasteiger charge is 2.23. The molecule has 0 aliphatic heterocycles. The molecule has 0 aliphatic rings. The van der Waals surface area contributed by atoms with E-state index in [1.807, 2.05) is 0 Å². The van der Waals surface area contributed by atoms with Crippen LogP contribution in [0.2, 0.25) is 0 Å². The Labute approximate surface area is 132 Å². The fourth-order valence-corrected chi connectivity index (χ4v) is 2.77. The molecule has 22 heavy (non-hydrogen) atoms. The van der Waals surface area contributed by atoms with Gasteiger partial charge in [0.15, 0.2) is 0 Å². The molecule has 3 heteroatoms. The molecule has 2 nitrogen and oxygen atoms in total. The predicted molar refractivity (Wildman–Crippen MR) is 95.2 cm³/mol. The summed E-state index contributed by atoms with van der Waals surface area (Å²) in [6.07, 6.45) is 0. The van der Waals surface area contributed by atoms with E-state index in [0.29, 0.717) is 13.2 Å². The molecule has 110 valence electrons. The summed E-state index contributed by atoms with van der Waals surface area (Å²) in [4.78, 5) is 0. The van der Waals surface area contributed by atoms with Crippen LogP contribution in [-0.4, -0.2) is 20.1 Å². The molecular formula is C19H20BNO. The van der Waals surface area contributed by atoms with Crippen molar-refractivity contribution in [2.75, 3.05) is 13.2 Å². The standard InChI is InChI=1S/C19H20BNO/c1-15-9-11-17(12-10-15)20(22-14-13-21)19-8-4-6-16-5-2-3-7-18(16)19/h2-12H,13-14,21H2,1H3. The van der Waals surface area contributed by atoms with Crippen molar-refractivity contribution in [2.24, 2.45) is 5.73 Å². The monoisotopic (exact) mass is 289 g/mol. The molecule has 0 heterocycles. The van der Waals surface area contributed by atoms with E-state index in [0.717, 1.165) is 5.46 Å². The number of hydrogen-bond acceptors (Lipinski definition) is 2. The van der Waals surface area contributed by atoms with Crippen LogP contribution in [0.15, 0.2) is 66.7 Å². The summed E-state index contributed by atoms with van der Waals surface area (Å²) in [6.45, 7) is 3.07. The van der Waals surface area contributed by atoms with Crippen LogP contribution in [0.3, 0.4) is 0 Å². The summed E-state index contributed by atoms with van der Waals surface area (Å²) in [5.74, 6) is 0. The van der Waals surface area contributed by atoms with Crippen LogP contribution in [0.25, 0.3) is 10.8 Å². The van der Waals surface area contributed by atoms with E-state index >= 15 is 0 Å². The van der Waals surface area contributed by atoms with Crippen molar-refractivity contribution in [1.29, 1.82) is 0 Å². The van der Waals surface area contributed by atoms with Crippen molar-refractivity contribution in [3.63, 3.8) is 0 Å². The van der Waals surface area contributed by atoms with Gasteiger partial charge in [0.2, 0.25) is 0 Å². The zero-order chi connectivity index (χ0) is 15.4. The highest BCUT2D eigenvalue weighted by Crippen LogP contribution is 2.12. The number of fused-ring (bicyclic) bond motifs is 1. The van der Waals surface area contributed by atoms with Gasteiger partial charge in [-0.3, -0.25) is 0 Å². The number of hydrogen-bond donors (Lipinski definition) is 1. The molecule has 0 spiro atoms. The Balaban J connectivity index is 2.09. The van der Waals surface area contributed by atoms with Crippen LogP contribution < -0.4 is 16.7 Å². The van der Waals surface area contributed by atoms with Crippen LogP contribution in [0, 0.1) is 6.92 Å². The molecule has 0 aromatic heterocycles. The largest absolute Gasteiger partial charge is 0.426 e. The third-order valence-electron chi connectivity index (χ3n) is 3.89. The fraction of sp³-hybridized carbons (Fsp3) is 0.158. The summed E-state index contributed by atoms with van der Waals surface area (Å²) in [5, 5.41) is 2.46. The topological polar surface area (TPSA) is 35.2 Å². The molecule has 0 bridgehead atoms. The lowest BCUT2D eigenvalue weighted by Crippen LogP contribution is -2.46. The predicted octanol–water partition coefficient (Wildman–Crippen LogP) is 2.23. The molecule has 0 amide bonds. The maximum Gasteiger partial charge on any atom is 0.362 e. The van der Waals surface area contributed by atoms with Gasteiger partial charge in [-0.05, 0) is 28.6 Å². The van der Waals surface area contributed by atoms with Crippen molar-refractivity contribution in [3.05, 3.63) is 72.3 Å². The summed E-state index contributed by atoms with van der Waals surface area (Å²) in [7, 11) is 0. The molecule has 0 saturated heterocycles. The Morgan fingerprint density at radius 3 is 2.41 bits per heavy atom. The SMILES string of the molecule is Cc1ccc(B(OCCN)c2cccc3ccccc23)cc1. The lowest BCUT2D eigenvalue weighted by atomic mass is 9.54. The van der Waals surface area contributed by atoms with Gasteiger partial charge in [0.25, 0.3) is 0 Å². The van der Waals surface area contributed by atoms with Gasteiger partial charge in [-0.15, -0.1) is 0 Å². The Bertz CT molecular complexity index is 749. The molecular weight excluding hydrogens is 269 g/mol. The summed E-state index contributed by atoms with van der Waals surface area (Å²) in [5.41, 5.74) is 9.25. The summed E-state index contributed by atoms with van der Waals surface area (Å²) >= 11 is 0. The molecule has 0 atom stereocenters. The van der Waals surface area contributed by atoms with Crippen molar-refractivity contribution in [1.82, 2.24) is 0 Å². The van der Waals surface area contributed by atoms with Gasteiger partial charge in [-0.1, -0.05) is 72.3 Å². The minimum atomic E-state index is -0.0877. The first kappa shape index (κ1) is 14.8. The van der Waals surface area contributed by atoms with Crippen LogP contribution in [0.1, 0.15) is 5.56 Å². The first-order valence-electron chi connectivity index (χ1n) is 7.65. The average molecular weight is 289 g/mol. The van der Waals surface area contributed by atoms with Gasteiger partial charge in [0.05, 0.1) is 0 Å². The van der Waals surface area contributed by atoms with Gasteiger partial charge >= 0.3 is 6.92 Å². The van der Waals surface area contributed by atoms with E-state index < -0.39 is 0 Å². The normalized spacial score (nSPS) is 10.8. The van der Waals surface area contributed by atoms with Gasteiger partial charge in [-0.2, -0.15) is 0 Å². The lowest BCUT2D eigenvalue weighted by molar-refractivity contribution is 0.345. The van der Waals surface area contributed by atoms with E-state index in [4.69, 9.17) is 10.4 Å².